The summed E-state index contributed by atoms with van der Waals surface area (Å²) in [6.45, 7) is 8.94. The highest BCUT2D eigenvalue weighted by Crippen LogP contribution is 2.22. The molecule has 38 heavy (non-hydrogen) atoms. The summed E-state index contributed by atoms with van der Waals surface area (Å²) in [5, 5.41) is 0. The van der Waals surface area contributed by atoms with Gasteiger partial charge >= 0.3 is 0 Å². The van der Waals surface area contributed by atoms with E-state index in [1.807, 2.05) is 0 Å². The Bertz CT molecular complexity index is 356. The number of methoxy groups -OCH3 is 6. The van der Waals surface area contributed by atoms with Crippen molar-refractivity contribution in [1.29, 1.82) is 0 Å². The lowest BCUT2D eigenvalue weighted by Gasteiger charge is -2.28. The fourth-order valence-electron chi connectivity index (χ4n) is 4.21. The second-order valence-corrected chi connectivity index (χ2v) is 10.0. The summed E-state index contributed by atoms with van der Waals surface area (Å²) < 4.78 is 31.4. The molecule has 6 nitrogen and oxygen atoms in total. The van der Waals surface area contributed by atoms with E-state index in [2.05, 4.69) is 27.7 Å². The van der Waals surface area contributed by atoms with Gasteiger partial charge in [-0.1, -0.05) is 130 Å². The Balaban J connectivity index is -0.000000532. The topological polar surface area (TPSA) is 55.4 Å². The normalized spacial score (nSPS) is 11.5. The maximum atomic E-state index is 5.24. The van der Waals surface area contributed by atoms with Crippen LogP contribution in [0.1, 0.15) is 156 Å². The summed E-state index contributed by atoms with van der Waals surface area (Å²) >= 11 is 0. The van der Waals surface area contributed by atoms with Gasteiger partial charge in [0.05, 0.1) is 0 Å². The van der Waals surface area contributed by atoms with E-state index in [1.54, 1.807) is 42.7 Å². The first-order valence-corrected chi connectivity index (χ1v) is 15.7. The summed E-state index contributed by atoms with van der Waals surface area (Å²) in [5.41, 5.74) is 0. The zero-order valence-electron chi connectivity index (χ0n) is 27.6. The first kappa shape index (κ1) is 42.2. The average Bonchev–Trinajstić information content (AvgIpc) is 2.96. The zero-order chi connectivity index (χ0) is 29.4. The van der Waals surface area contributed by atoms with E-state index in [0.29, 0.717) is 0 Å². The molecule has 0 unspecified atom stereocenters. The van der Waals surface area contributed by atoms with Crippen molar-refractivity contribution in [2.24, 2.45) is 0 Å². The minimum absolute atomic E-state index is 0.796. The van der Waals surface area contributed by atoms with E-state index in [1.165, 1.54) is 103 Å². The Morgan fingerprint density at radius 3 is 0.684 bits per heavy atom. The molecule has 0 aliphatic rings. The number of ether oxygens (including phenoxy) is 6. The SMILES string of the molecule is CCCCCC.CCCCCCCCCC(OC)(OC)OC.CCCCCCCCCC(OC)(OC)OC. The van der Waals surface area contributed by atoms with Gasteiger partial charge in [0.25, 0.3) is 11.9 Å². The second-order valence-electron chi connectivity index (χ2n) is 10.0. The Kier molecular flexibility index (Phi) is 36.6. The van der Waals surface area contributed by atoms with Gasteiger partial charge < -0.3 is 28.4 Å². The molecule has 0 aliphatic carbocycles. The van der Waals surface area contributed by atoms with E-state index in [0.717, 1.165) is 25.7 Å². The first-order valence-electron chi connectivity index (χ1n) is 15.7. The molecular formula is C32H70O6. The maximum absolute atomic E-state index is 5.24. The van der Waals surface area contributed by atoms with Gasteiger partial charge in [0.15, 0.2) is 0 Å². The van der Waals surface area contributed by atoms with Crippen LogP contribution in [0.15, 0.2) is 0 Å². The van der Waals surface area contributed by atoms with Crippen molar-refractivity contribution in [3.05, 3.63) is 0 Å². The largest absolute Gasteiger partial charge is 0.331 e. The van der Waals surface area contributed by atoms with Gasteiger partial charge in [-0.05, 0) is 12.8 Å². The lowest BCUT2D eigenvalue weighted by Crippen LogP contribution is -2.35. The molecule has 0 bridgehead atoms. The van der Waals surface area contributed by atoms with Gasteiger partial charge in [-0.3, -0.25) is 0 Å². The fourth-order valence-corrected chi connectivity index (χ4v) is 4.21. The Morgan fingerprint density at radius 2 is 0.474 bits per heavy atom. The summed E-state index contributed by atoms with van der Waals surface area (Å²) in [7, 11) is 9.72. The smallest absolute Gasteiger partial charge is 0.282 e. The van der Waals surface area contributed by atoms with Crippen molar-refractivity contribution in [3.8, 4) is 0 Å². The molecule has 0 fully saturated rings. The van der Waals surface area contributed by atoms with Crippen LogP contribution in [0, 0.1) is 0 Å². The lowest BCUT2D eigenvalue weighted by molar-refractivity contribution is -0.355. The van der Waals surface area contributed by atoms with Crippen LogP contribution >= 0.6 is 0 Å². The summed E-state index contributed by atoms with van der Waals surface area (Å²) in [5.74, 6) is -1.66. The van der Waals surface area contributed by atoms with E-state index >= 15 is 0 Å². The maximum Gasteiger partial charge on any atom is 0.282 e. The van der Waals surface area contributed by atoms with Crippen LogP contribution in [-0.4, -0.2) is 54.6 Å². The summed E-state index contributed by atoms with van der Waals surface area (Å²) in [6, 6.07) is 0. The van der Waals surface area contributed by atoms with Crippen LogP contribution in [-0.2, 0) is 28.4 Å². The average molecular weight is 551 g/mol. The highest BCUT2D eigenvalue weighted by molar-refractivity contribution is 4.57. The molecule has 234 valence electrons. The van der Waals surface area contributed by atoms with Crippen molar-refractivity contribution in [2.75, 3.05) is 42.7 Å². The van der Waals surface area contributed by atoms with Crippen molar-refractivity contribution < 1.29 is 28.4 Å². The molecule has 0 saturated carbocycles. The van der Waals surface area contributed by atoms with E-state index in [9.17, 15) is 0 Å². The zero-order valence-corrected chi connectivity index (χ0v) is 27.6. The van der Waals surface area contributed by atoms with Gasteiger partial charge in [-0.15, -0.1) is 0 Å². The van der Waals surface area contributed by atoms with Crippen LogP contribution in [0.25, 0.3) is 0 Å². The molecule has 0 aromatic rings. The number of rotatable bonds is 25. The molecule has 0 spiro atoms. The van der Waals surface area contributed by atoms with Crippen LogP contribution in [0.3, 0.4) is 0 Å². The Morgan fingerprint density at radius 1 is 0.289 bits per heavy atom. The van der Waals surface area contributed by atoms with Gasteiger partial charge in [0, 0.05) is 55.5 Å². The van der Waals surface area contributed by atoms with Gasteiger partial charge in [-0.2, -0.15) is 0 Å². The minimum Gasteiger partial charge on any atom is -0.331 e. The molecule has 0 radical (unpaired) electrons. The standard InChI is InChI=1S/2C13H28O3.C6H14/c2*1-5-6-7-8-9-10-11-12-13(14-2,15-3)16-4;1-3-5-6-4-2/h2*5-12H2,1-4H3;3-6H2,1-2H3. The van der Waals surface area contributed by atoms with Crippen molar-refractivity contribution in [2.45, 2.75) is 168 Å². The van der Waals surface area contributed by atoms with E-state index in [-0.39, 0.29) is 0 Å². The number of unbranched alkanes of at least 4 members (excludes halogenated alkanes) is 15. The monoisotopic (exact) mass is 551 g/mol. The Labute approximate surface area is 239 Å². The predicted octanol–water partition coefficient (Wildman–Crippen LogP) is 10.0. The molecule has 0 aliphatic heterocycles. The molecule has 0 N–H and O–H groups in total. The van der Waals surface area contributed by atoms with Crippen LogP contribution in [0.4, 0.5) is 0 Å². The summed E-state index contributed by atoms with van der Waals surface area (Å²) in [4.78, 5) is 0. The first-order chi connectivity index (χ1) is 18.4. The van der Waals surface area contributed by atoms with Crippen molar-refractivity contribution >= 4 is 0 Å². The molecule has 0 atom stereocenters. The third-order valence-electron chi connectivity index (χ3n) is 7.00. The highest BCUT2D eigenvalue weighted by Gasteiger charge is 2.29. The quantitative estimate of drug-likeness (QED) is 0.0832. The molecular weight excluding hydrogens is 480 g/mol. The van der Waals surface area contributed by atoms with Crippen LogP contribution < -0.4 is 0 Å². The third kappa shape index (κ3) is 26.0. The van der Waals surface area contributed by atoms with E-state index in [4.69, 9.17) is 28.4 Å². The van der Waals surface area contributed by atoms with Crippen molar-refractivity contribution in [1.82, 2.24) is 0 Å². The summed E-state index contributed by atoms with van der Waals surface area (Å²) in [6.07, 6.45) is 25.1. The molecule has 0 aromatic heterocycles. The second kappa shape index (κ2) is 33.0. The van der Waals surface area contributed by atoms with Gasteiger partial charge in [0.2, 0.25) is 0 Å². The molecule has 6 heteroatoms. The minimum atomic E-state index is -0.830. The highest BCUT2D eigenvalue weighted by atomic mass is 16.9. The van der Waals surface area contributed by atoms with E-state index < -0.39 is 11.9 Å². The number of hydrogen-bond acceptors (Lipinski definition) is 6. The molecule has 0 heterocycles. The van der Waals surface area contributed by atoms with Gasteiger partial charge in [-0.25, -0.2) is 0 Å². The number of hydrogen-bond donors (Lipinski definition) is 0. The van der Waals surface area contributed by atoms with Crippen LogP contribution in [0.5, 0.6) is 0 Å². The molecule has 0 rings (SSSR count). The fraction of sp³-hybridized carbons (Fsp3) is 1.00. The lowest BCUT2D eigenvalue weighted by atomic mass is 10.1. The molecule has 0 saturated heterocycles. The molecule has 0 aromatic carbocycles. The van der Waals surface area contributed by atoms with Gasteiger partial charge in [0.1, 0.15) is 0 Å². The Hall–Kier alpha value is -0.240. The molecule has 0 amide bonds. The third-order valence-corrected chi connectivity index (χ3v) is 7.00. The van der Waals surface area contributed by atoms with Crippen LogP contribution in [0.2, 0.25) is 0 Å². The predicted molar refractivity (Wildman–Crippen MR) is 163 cm³/mol. The van der Waals surface area contributed by atoms with Crippen molar-refractivity contribution in [3.63, 3.8) is 0 Å².